The molecule has 0 saturated carbocycles. The first-order chi connectivity index (χ1) is 14.5. The van der Waals surface area contributed by atoms with Crippen molar-refractivity contribution in [3.63, 3.8) is 0 Å². The molecule has 7 heteroatoms. The number of carbonyl (C=O) groups is 2. The zero-order valence-electron chi connectivity index (χ0n) is 17.1. The fraction of sp³-hybridized carbons (Fsp3) is 0.391. The number of Topliss-reactive ketones (excluding diaryl/α,β-unsaturated/α-hetero) is 1. The number of aromatic hydroxyl groups is 1. The number of phenols is 1. The predicted molar refractivity (Wildman–Crippen MR) is 115 cm³/mol. The summed E-state index contributed by atoms with van der Waals surface area (Å²) in [7, 11) is 0. The Morgan fingerprint density at radius 1 is 1.40 bits per heavy atom. The molecule has 30 heavy (non-hydrogen) atoms. The van der Waals surface area contributed by atoms with Gasteiger partial charge in [-0.15, -0.1) is 11.3 Å². The number of hydrogen-bond donors (Lipinski definition) is 1. The van der Waals surface area contributed by atoms with Crippen LogP contribution in [0, 0.1) is 12.8 Å². The van der Waals surface area contributed by atoms with Gasteiger partial charge in [-0.2, -0.15) is 0 Å². The molecule has 0 bridgehead atoms. The van der Waals surface area contributed by atoms with Gasteiger partial charge in [0.2, 0.25) is 5.78 Å². The lowest BCUT2D eigenvalue weighted by molar-refractivity contribution is -0.150. The first-order valence-electron chi connectivity index (χ1n) is 10.2. The second-order valence-corrected chi connectivity index (χ2v) is 8.62. The van der Waals surface area contributed by atoms with Crippen LogP contribution in [-0.4, -0.2) is 41.5 Å². The van der Waals surface area contributed by atoms with Crippen LogP contribution < -0.4 is 4.74 Å². The number of rotatable bonds is 5. The number of likely N-dealkylation sites (tertiary alicyclic amines) is 1. The van der Waals surface area contributed by atoms with Crippen molar-refractivity contribution < 1.29 is 24.2 Å². The maximum atomic E-state index is 12.9. The summed E-state index contributed by atoms with van der Waals surface area (Å²) in [5.41, 5.74) is 2.13. The lowest BCUT2D eigenvalue weighted by Crippen LogP contribution is -2.39. The zero-order valence-corrected chi connectivity index (χ0v) is 18.0. The van der Waals surface area contributed by atoms with Crippen LogP contribution in [-0.2, 0) is 16.1 Å². The van der Waals surface area contributed by atoms with Crippen LogP contribution in [0.2, 0.25) is 0 Å². The highest BCUT2D eigenvalue weighted by molar-refractivity contribution is 7.11. The van der Waals surface area contributed by atoms with Gasteiger partial charge >= 0.3 is 5.97 Å². The highest BCUT2D eigenvalue weighted by Crippen LogP contribution is 2.41. The topological polar surface area (TPSA) is 76.1 Å². The number of piperidine rings is 1. The predicted octanol–water partition coefficient (Wildman–Crippen LogP) is 4.15. The van der Waals surface area contributed by atoms with E-state index in [4.69, 9.17) is 9.47 Å². The summed E-state index contributed by atoms with van der Waals surface area (Å²) in [5.74, 6) is 0.254. The smallest absolute Gasteiger partial charge is 0.310 e. The second kappa shape index (κ2) is 8.62. The SMILES string of the molecule is CCOC(=O)C1CCCN(Cc2c(O)ccc3c2O/C(=C\c2sccc2C)C3=O)C1. The molecule has 6 nitrogen and oxygen atoms in total. The molecule has 0 aliphatic carbocycles. The molecule has 2 aromatic rings. The van der Waals surface area contributed by atoms with E-state index in [-0.39, 0.29) is 29.2 Å². The number of benzene rings is 1. The third-order valence-corrected chi connectivity index (χ3v) is 6.55. The molecular formula is C23H25NO5S. The number of carbonyl (C=O) groups excluding carboxylic acids is 2. The number of allylic oxidation sites excluding steroid dienone is 1. The molecule has 0 spiro atoms. The van der Waals surface area contributed by atoms with Gasteiger partial charge in [-0.05, 0) is 62.4 Å². The van der Waals surface area contributed by atoms with E-state index < -0.39 is 0 Å². The van der Waals surface area contributed by atoms with Gasteiger partial charge in [-0.1, -0.05) is 0 Å². The standard InChI is InChI=1S/C23H25NO5S/c1-3-28-23(27)15-5-4-9-24(12-15)13-17-18(25)7-6-16-21(26)19(29-22(16)17)11-20-14(2)8-10-30-20/h6-8,10-11,15,25H,3-5,9,12-13H2,1-2H3/b19-11-. The molecule has 1 saturated heterocycles. The molecule has 1 unspecified atom stereocenters. The van der Waals surface area contributed by atoms with E-state index in [2.05, 4.69) is 4.90 Å². The summed E-state index contributed by atoms with van der Waals surface area (Å²) < 4.78 is 11.1. The average Bonchev–Trinajstić information content (AvgIpc) is 3.28. The monoisotopic (exact) mass is 427 g/mol. The number of fused-ring (bicyclic) bond motifs is 1. The largest absolute Gasteiger partial charge is 0.507 e. The fourth-order valence-corrected chi connectivity index (χ4v) is 4.82. The molecule has 1 fully saturated rings. The number of nitrogens with zero attached hydrogens (tertiary/aromatic N) is 1. The van der Waals surface area contributed by atoms with Crippen LogP contribution in [0.15, 0.2) is 29.3 Å². The Balaban J connectivity index is 1.57. The normalized spacial score (nSPS) is 20.3. The molecule has 158 valence electrons. The van der Waals surface area contributed by atoms with Gasteiger partial charge in [0.15, 0.2) is 5.76 Å². The Kier molecular flexibility index (Phi) is 5.92. The summed E-state index contributed by atoms with van der Waals surface area (Å²) in [6.07, 6.45) is 3.44. The van der Waals surface area contributed by atoms with Crippen molar-refractivity contribution in [2.45, 2.75) is 33.2 Å². The van der Waals surface area contributed by atoms with Crippen molar-refractivity contribution in [2.24, 2.45) is 5.92 Å². The van der Waals surface area contributed by atoms with Gasteiger partial charge < -0.3 is 14.6 Å². The zero-order chi connectivity index (χ0) is 21.3. The third kappa shape index (κ3) is 4.00. The fourth-order valence-electron chi connectivity index (χ4n) is 3.98. The van der Waals surface area contributed by atoms with Gasteiger partial charge in [-0.25, -0.2) is 0 Å². The van der Waals surface area contributed by atoms with Crippen LogP contribution in [0.25, 0.3) is 6.08 Å². The lowest BCUT2D eigenvalue weighted by Gasteiger charge is -2.31. The van der Waals surface area contributed by atoms with E-state index >= 15 is 0 Å². The Hall–Kier alpha value is -2.64. The number of thiophene rings is 1. The number of phenolic OH excluding ortho intramolecular Hbond substituents is 1. The number of ether oxygens (including phenoxy) is 2. The van der Waals surface area contributed by atoms with Gasteiger partial charge in [0.05, 0.1) is 23.7 Å². The third-order valence-electron chi connectivity index (χ3n) is 5.59. The molecular weight excluding hydrogens is 402 g/mol. The van der Waals surface area contributed by atoms with Gasteiger partial charge in [0, 0.05) is 24.0 Å². The van der Waals surface area contributed by atoms with Crippen LogP contribution in [0.3, 0.4) is 0 Å². The Morgan fingerprint density at radius 3 is 2.97 bits per heavy atom. The first-order valence-corrected chi connectivity index (χ1v) is 11.1. The number of esters is 1. The Bertz CT molecular complexity index is 1010. The van der Waals surface area contributed by atoms with Crippen molar-refractivity contribution in [2.75, 3.05) is 19.7 Å². The molecule has 2 aliphatic rings. The van der Waals surface area contributed by atoms with E-state index in [0.717, 1.165) is 29.8 Å². The highest BCUT2D eigenvalue weighted by atomic mass is 32.1. The summed E-state index contributed by atoms with van der Waals surface area (Å²) in [5, 5.41) is 12.5. The summed E-state index contributed by atoms with van der Waals surface area (Å²) >= 11 is 1.55. The molecule has 1 aromatic carbocycles. The Morgan fingerprint density at radius 2 is 2.23 bits per heavy atom. The molecule has 3 heterocycles. The average molecular weight is 428 g/mol. The number of aryl methyl sites for hydroxylation is 1. The van der Waals surface area contributed by atoms with Crippen molar-refractivity contribution in [1.29, 1.82) is 0 Å². The van der Waals surface area contributed by atoms with Gasteiger partial charge in [-0.3, -0.25) is 14.5 Å². The maximum Gasteiger partial charge on any atom is 0.310 e. The molecule has 0 radical (unpaired) electrons. The Labute approximate surface area is 179 Å². The summed E-state index contributed by atoms with van der Waals surface area (Å²) in [6.45, 7) is 5.95. The lowest BCUT2D eigenvalue weighted by atomic mass is 9.97. The van der Waals surface area contributed by atoms with Crippen molar-refractivity contribution in [1.82, 2.24) is 4.90 Å². The summed E-state index contributed by atoms with van der Waals surface area (Å²) in [6, 6.07) is 5.15. The van der Waals surface area contributed by atoms with E-state index in [0.29, 0.717) is 36.6 Å². The van der Waals surface area contributed by atoms with Gasteiger partial charge in [0.25, 0.3) is 0 Å². The minimum absolute atomic E-state index is 0.0911. The molecule has 0 amide bonds. The van der Waals surface area contributed by atoms with Crippen molar-refractivity contribution >= 4 is 29.2 Å². The van der Waals surface area contributed by atoms with Crippen molar-refractivity contribution in [3.05, 3.63) is 50.9 Å². The minimum Gasteiger partial charge on any atom is -0.507 e. The quantitative estimate of drug-likeness (QED) is 0.571. The van der Waals surface area contributed by atoms with E-state index in [9.17, 15) is 14.7 Å². The van der Waals surface area contributed by atoms with E-state index in [1.165, 1.54) is 0 Å². The number of hydrogen-bond acceptors (Lipinski definition) is 7. The maximum absolute atomic E-state index is 12.9. The highest BCUT2D eigenvalue weighted by Gasteiger charge is 2.33. The van der Waals surface area contributed by atoms with Crippen LogP contribution in [0.5, 0.6) is 11.5 Å². The van der Waals surface area contributed by atoms with Crippen LogP contribution >= 0.6 is 11.3 Å². The molecule has 1 N–H and O–H groups in total. The molecule has 1 atom stereocenters. The minimum atomic E-state index is -0.179. The van der Waals surface area contributed by atoms with Crippen LogP contribution in [0.1, 0.15) is 46.1 Å². The van der Waals surface area contributed by atoms with Gasteiger partial charge in [0.1, 0.15) is 11.5 Å². The molecule has 2 aliphatic heterocycles. The first kappa shape index (κ1) is 20.6. The van der Waals surface area contributed by atoms with Crippen LogP contribution in [0.4, 0.5) is 0 Å². The number of ketones is 1. The second-order valence-electron chi connectivity index (χ2n) is 7.67. The molecule has 4 rings (SSSR count). The molecule has 1 aromatic heterocycles. The van der Waals surface area contributed by atoms with E-state index in [1.54, 1.807) is 36.5 Å². The van der Waals surface area contributed by atoms with E-state index in [1.807, 2.05) is 18.4 Å². The summed E-state index contributed by atoms with van der Waals surface area (Å²) in [4.78, 5) is 28.1. The van der Waals surface area contributed by atoms with Crippen molar-refractivity contribution in [3.8, 4) is 11.5 Å².